The first-order chi connectivity index (χ1) is 15.5. The molecule has 1 aliphatic heterocycles. The summed E-state index contributed by atoms with van der Waals surface area (Å²) < 4.78 is 0. The van der Waals surface area contributed by atoms with Crippen molar-refractivity contribution in [2.24, 2.45) is 0 Å². The second-order valence-corrected chi connectivity index (χ2v) is 9.39. The Morgan fingerprint density at radius 2 is 1.94 bits per heavy atom. The number of carbonyl (C=O) groups is 1. The van der Waals surface area contributed by atoms with E-state index in [1.165, 1.54) is 11.3 Å². The molecule has 162 valence electrons. The molecular formula is C24H24N6OS. The number of thiazole rings is 1. The number of ketones is 1. The number of nitrogens with zero attached hydrogens (tertiary/aromatic N) is 5. The molecule has 0 saturated carbocycles. The number of carbonyl (C=O) groups excluding carboxylic acids is 1. The van der Waals surface area contributed by atoms with Gasteiger partial charge in [-0.1, -0.05) is 23.5 Å². The summed E-state index contributed by atoms with van der Waals surface area (Å²) in [7, 11) is 4.17. The van der Waals surface area contributed by atoms with Crippen LogP contribution in [-0.2, 0) is 6.42 Å². The fraction of sp³-hybridized carbons (Fsp3) is 0.250. The molecule has 3 aromatic heterocycles. The van der Waals surface area contributed by atoms with E-state index in [2.05, 4.69) is 44.9 Å². The molecule has 1 saturated heterocycles. The topological polar surface area (TPSA) is 88.2 Å². The number of rotatable bonds is 6. The van der Waals surface area contributed by atoms with Crippen molar-refractivity contribution in [3.8, 4) is 10.4 Å². The number of benzene rings is 1. The summed E-state index contributed by atoms with van der Waals surface area (Å²) in [5.74, 6) is 0.894. The lowest BCUT2D eigenvalue weighted by Gasteiger charge is -2.43. The van der Waals surface area contributed by atoms with Crippen LogP contribution in [0.4, 0.5) is 10.9 Å². The standard InChI is InChI=1S/C24H24N6OS/c1-29(2)20-13-30(14-20)23-9-15(5-6-26-23)21(31)10-19-8-18-7-16(3-4-17(18)11-27-19)22-12-28-24(25)32-22/h3-9,11-12,20H,10,13-14H2,1-2H3,(H2,25,28). The minimum absolute atomic E-state index is 0.0385. The van der Waals surface area contributed by atoms with Crippen molar-refractivity contribution in [1.29, 1.82) is 0 Å². The van der Waals surface area contributed by atoms with Gasteiger partial charge in [-0.05, 0) is 49.3 Å². The molecule has 8 heteroatoms. The van der Waals surface area contributed by atoms with Crippen LogP contribution in [0.15, 0.2) is 55.0 Å². The molecule has 0 atom stereocenters. The fourth-order valence-electron chi connectivity index (χ4n) is 3.86. The van der Waals surface area contributed by atoms with Gasteiger partial charge < -0.3 is 15.5 Å². The molecule has 7 nitrogen and oxygen atoms in total. The molecule has 0 amide bonds. The highest BCUT2D eigenvalue weighted by Crippen LogP contribution is 2.30. The molecule has 0 unspecified atom stereocenters. The zero-order valence-corrected chi connectivity index (χ0v) is 18.8. The first-order valence-corrected chi connectivity index (χ1v) is 11.3. The average molecular weight is 445 g/mol. The molecular weight excluding hydrogens is 420 g/mol. The van der Waals surface area contributed by atoms with Crippen LogP contribution in [0.2, 0.25) is 0 Å². The van der Waals surface area contributed by atoms with Crippen molar-refractivity contribution < 1.29 is 4.79 Å². The number of fused-ring (bicyclic) bond motifs is 1. The Hall–Kier alpha value is -3.36. The molecule has 0 aliphatic carbocycles. The van der Waals surface area contributed by atoms with Gasteiger partial charge in [0.2, 0.25) is 0 Å². The number of aromatic nitrogens is 3. The Labute approximate surface area is 190 Å². The van der Waals surface area contributed by atoms with E-state index in [1.807, 2.05) is 30.5 Å². The zero-order valence-electron chi connectivity index (χ0n) is 18.0. The van der Waals surface area contributed by atoms with E-state index in [4.69, 9.17) is 5.73 Å². The lowest BCUT2D eigenvalue weighted by Crippen LogP contribution is -2.57. The maximum atomic E-state index is 13.0. The van der Waals surface area contributed by atoms with Crippen LogP contribution in [0.1, 0.15) is 16.1 Å². The average Bonchev–Trinajstić information content (AvgIpc) is 3.18. The number of anilines is 2. The van der Waals surface area contributed by atoms with E-state index >= 15 is 0 Å². The van der Waals surface area contributed by atoms with Gasteiger partial charge in [0.05, 0.1) is 11.3 Å². The third-order valence-corrected chi connectivity index (χ3v) is 6.79. The number of nitrogens with two attached hydrogens (primary N) is 1. The van der Waals surface area contributed by atoms with Crippen molar-refractivity contribution in [3.05, 3.63) is 66.2 Å². The number of nitrogen functional groups attached to an aromatic ring is 1. The van der Waals surface area contributed by atoms with Crippen LogP contribution >= 0.6 is 11.3 Å². The Bertz CT molecular complexity index is 1290. The van der Waals surface area contributed by atoms with Crippen LogP contribution in [0.3, 0.4) is 0 Å². The van der Waals surface area contributed by atoms with E-state index < -0.39 is 0 Å². The summed E-state index contributed by atoms with van der Waals surface area (Å²) in [6.45, 7) is 1.86. The van der Waals surface area contributed by atoms with Crippen molar-refractivity contribution in [2.45, 2.75) is 12.5 Å². The monoisotopic (exact) mass is 444 g/mol. The Kier molecular flexibility index (Phi) is 5.32. The van der Waals surface area contributed by atoms with Gasteiger partial charge in [0, 0.05) is 54.4 Å². The Morgan fingerprint density at radius 3 is 2.69 bits per heavy atom. The van der Waals surface area contributed by atoms with Gasteiger partial charge in [-0.3, -0.25) is 9.78 Å². The van der Waals surface area contributed by atoms with Gasteiger partial charge in [0.15, 0.2) is 10.9 Å². The molecule has 0 radical (unpaired) electrons. The third kappa shape index (κ3) is 4.06. The van der Waals surface area contributed by atoms with E-state index in [9.17, 15) is 4.79 Å². The normalized spacial score (nSPS) is 14.2. The molecule has 1 aliphatic rings. The summed E-state index contributed by atoms with van der Waals surface area (Å²) in [5, 5.41) is 2.62. The van der Waals surface area contributed by atoms with Gasteiger partial charge in [-0.2, -0.15) is 0 Å². The SMILES string of the molecule is CN(C)C1CN(c2cc(C(=O)Cc3cc4cc(-c5cnc(N)s5)ccc4cn3)ccn2)C1. The molecule has 0 spiro atoms. The van der Waals surface area contributed by atoms with Crippen LogP contribution in [-0.4, -0.2) is 58.9 Å². The quantitative estimate of drug-likeness (QED) is 0.455. The number of likely N-dealkylation sites (N-methyl/N-ethyl adjacent to an activating group) is 1. The minimum Gasteiger partial charge on any atom is -0.375 e. The lowest BCUT2D eigenvalue weighted by molar-refractivity contribution is 0.0992. The second-order valence-electron chi connectivity index (χ2n) is 8.33. The number of hydrogen-bond acceptors (Lipinski definition) is 8. The molecule has 2 N–H and O–H groups in total. The summed E-state index contributed by atoms with van der Waals surface area (Å²) in [6.07, 6.45) is 5.57. The van der Waals surface area contributed by atoms with Crippen molar-refractivity contribution in [1.82, 2.24) is 19.9 Å². The highest BCUT2D eigenvalue weighted by Gasteiger charge is 2.29. The third-order valence-electron chi connectivity index (χ3n) is 5.91. The zero-order chi connectivity index (χ0) is 22.2. The number of hydrogen-bond donors (Lipinski definition) is 1. The summed E-state index contributed by atoms with van der Waals surface area (Å²) in [5.41, 5.74) is 8.24. The molecule has 32 heavy (non-hydrogen) atoms. The molecule has 1 fully saturated rings. The number of pyridine rings is 2. The number of Topliss-reactive ketones (excluding diaryl/α,β-unsaturated/α-hetero) is 1. The van der Waals surface area contributed by atoms with Crippen LogP contribution in [0.5, 0.6) is 0 Å². The molecule has 0 bridgehead atoms. The lowest BCUT2D eigenvalue weighted by atomic mass is 10.0. The van der Waals surface area contributed by atoms with Crippen molar-refractivity contribution >= 4 is 38.8 Å². The maximum Gasteiger partial charge on any atom is 0.180 e. The van der Waals surface area contributed by atoms with Gasteiger partial charge in [-0.25, -0.2) is 9.97 Å². The maximum absolute atomic E-state index is 13.0. The van der Waals surface area contributed by atoms with Crippen LogP contribution in [0.25, 0.3) is 21.2 Å². The molecule has 4 aromatic rings. The fourth-order valence-corrected chi connectivity index (χ4v) is 4.54. The van der Waals surface area contributed by atoms with Gasteiger partial charge in [0.1, 0.15) is 5.82 Å². The largest absolute Gasteiger partial charge is 0.375 e. The second kappa shape index (κ2) is 8.29. The van der Waals surface area contributed by atoms with Gasteiger partial charge >= 0.3 is 0 Å². The molecule has 1 aromatic carbocycles. The Morgan fingerprint density at radius 1 is 1.09 bits per heavy atom. The van der Waals surface area contributed by atoms with Crippen LogP contribution in [0, 0.1) is 0 Å². The first kappa shape index (κ1) is 20.5. The minimum atomic E-state index is 0.0385. The highest BCUT2D eigenvalue weighted by molar-refractivity contribution is 7.18. The highest BCUT2D eigenvalue weighted by atomic mass is 32.1. The molecule has 4 heterocycles. The smallest absolute Gasteiger partial charge is 0.180 e. The molecule has 5 rings (SSSR count). The van der Waals surface area contributed by atoms with Crippen molar-refractivity contribution in [3.63, 3.8) is 0 Å². The summed E-state index contributed by atoms with van der Waals surface area (Å²) in [6, 6.07) is 12.3. The predicted molar refractivity (Wildman–Crippen MR) is 129 cm³/mol. The van der Waals surface area contributed by atoms with E-state index in [-0.39, 0.29) is 12.2 Å². The summed E-state index contributed by atoms with van der Waals surface area (Å²) >= 11 is 1.46. The Balaban J connectivity index is 1.34. The van der Waals surface area contributed by atoms with Gasteiger partial charge in [-0.15, -0.1) is 0 Å². The van der Waals surface area contributed by atoms with Gasteiger partial charge in [0.25, 0.3) is 0 Å². The van der Waals surface area contributed by atoms with E-state index in [0.717, 1.165) is 45.8 Å². The van der Waals surface area contributed by atoms with E-state index in [0.29, 0.717) is 16.7 Å². The first-order valence-electron chi connectivity index (χ1n) is 10.5. The van der Waals surface area contributed by atoms with Crippen molar-refractivity contribution in [2.75, 3.05) is 37.8 Å². The predicted octanol–water partition coefficient (Wildman–Crippen LogP) is 3.51. The van der Waals surface area contributed by atoms with Crippen LogP contribution < -0.4 is 10.6 Å². The van der Waals surface area contributed by atoms with E-state index in [1.54, 1.807) is 18.5 Å². The summed E-state index contributed by atoms with van der Waals surface area (Å²) in [4.78, 5) is 31.5.